The average Bonchev–Trinajstić information content (AvgIpc) is 3.13. The van der Waals surface area contributed by atoms with Gasteiger partial charge in [0.05, 0.1) is 20.1 Å². The van der Waals surface area contributed by atoms with Crippen molar-refractivity contribution >= 4 is 11.8 Å². The zero-order valence-corrected chi connectivity index (χ0v) is 18.2. The minimum atomic E-state index is -0.297. The first-order valence-corrected chi connectivity index (χ1v) is 10.2. The molecule has 30 heavy (non-hydrogen) atoms. The lowest BCUT2D eigenvalue weighted by atomic mass is 10.1. The van der Waals surface area contributed by atoms with E-state index < -0.39 is 0 Å². The summed E-state index contributed by atoms with van der Waals surface area (Å²) < 4.78 is 10.6. The summed E-state index contributed by atoms with van der Waals surface area (Å²) in [5.74, 6) is 1.02. The molecule has 0 saturated carbocycles. The topological polar surface area (TPSA) is 67.9 Å². The number of aryl methyl sites for hydroxylation is 2. The third-order valence-corrected chi connectivity index (χ3v) is 5.74. The molecule has 0 aliphatic carbocycles. The van der Waals surface area contributed by atoms with Crippen molar-refractivity contribution in [1.29, 1.82) is 0 Å². The summed E-state index contributed by atoms with van der Waals surface area (Å²) in [6.07, 6.45) is 0.966. The van der Waals surface area contributed by atoms with Crippen LogP contribution in [0.25, 0.3) is 0 Å². The molecule has 0 bridgehead atoms. The number of carbonyl (C=O) groups is 2. The molecule has 3 rings (SSSR count). The van der Waals surface area contributed by atoms with Crippen molar-refractivity contribution < 1.29 is 19.1 Å². The van der Waals surface area contributed by atoms with Gasteiger partial charge in [-0.3, -0.25) is 9.59 Å². The minimum absolute atomic E-state index is 0.0295. The van der Waals surface area contributed by atoms with Crippen molar-refractivity contribution in [2.45, 2.75) is 33.2 Å². The normalized spacial score (nSPS) is 15.9. The average molecular weight is 411 g/mol. The van der Waals surface area contributed by atoms with Crippen molar-refractivity contribution in [3.63, 3.8) is 0 Å². The number of methoxy groups -OCH3 is 2. The van der Waals surface area contributed by atoms with Crippen LogP contribution in [0.1, 0.15) is 28.7 Å². The molecule has 1 aliphatic rings. The monoisotopic (exact) mass is 410 g/mol. The number of hydrogen-bond donors (Lipinski definition) is 1. The summed E-state index contributed by atoms with van der Waals surface area (Å²) in [7, 11) is 3.21. The van der Waals surface area contributed by atoms with E-state index in [1.807, 2.05) is 24.3 Å². The lowest BCUT2D eigenvalue weighted by molar-refractivity contribution is -0.129. The number of nitrogens with one attached hydrogen (secondary N) is 1. The number of hydrogen-bond acceptors (Lipinski definition) is 4. The minimum Gasteiger partial charge on any atom is -0.493 e. The van der Waals surface area contributed by atoms with E-state index >= 15 is 0 Å². The Morgan fingerprint density at radius 1 is 1.03 bits per heavy atom. The van der Waals surface area contributed by atoms with Gasteiger partial charge in [-0.15, -0.1) is 0 Å². The standard InChI is InChI=1S/C24H30N2O4/c1-16-5-6-19(11-17(16)2)14-25-24(28)20-13-23(27)26(15-20)10-9-18-7-8-21(29-3)22(12-18)30-4/h5-8,11-12,20H,9-10,13-15H2,1-4H3,(H,25,28). The summed E-state index contributed by atoms with van der Waals surface area (Å²) in [5.41, 5.74) is 4.57. The Kier molecular flexibility index (Phi) is 6.98. The van der Waals surface area contributed by atoms with E-state index in [-0.39, 0.29) is 24.2 Å². The maximum atomic E-state index is 12.6. The van der Waals surface area contributed by atoms with E-state index in [9.17, 15) is 9.59 Å². The van der Waals surface area contributed by atoms with Crippen LogP contribution in [0, 0.1) is 19.8 Å². The second kappa shape index (κ2) is 9.65. The molecule has 1 aliphatic heterocycles. The predicted molar refractivity (Wildman–Crippen MR) is 116 cm³/mol. The van der Waals surface area contributed by atoms with Crippen LogP contribution >= 0.6 is 0 Å². The van der Waals surface area contributed by atoms with Crippen LogP contribution < -0.4 is 14.8 Å². The summed E-state index contributed by atoms with van der Waals surface area (Å²) in [6, 6.07) is 11.9. The van der Waals surface area contributed by atoms with Gasteiger partial charge in [0.15, 0.2) is 11.5 Å². The molecule has 1 N–H and O–H groups in total. The first kappa shape index (κ1) is 21.7. The Balaban J connectivity index is 1.51. The number of ether oxygens (including phenoxy) is 2. The van der Waals surface area contributed by atoms with E-state index in [1.165, 1.54) is 11.1 Å². The van der Waals surface area contributed by atoms with Crippen molar-refractivity contribution in [2.24, 2.45) is 5.92 Å². The highest BCUT2D eigenvalue weighted by Crippen LogP contribution is 2.28. The molecule has 6 heteroatoms. The number of rotatable bonds is 8. The molecule has 160 valence electrons. The van der Waals surface area contributed by atoms with Gasteiger partial charge in [-0.05, 0) is 54.7 Å². The predicted octanol–water partition coefficient (Wildman–Crippen LogP) is 3.03. The van der Waals surface area contributed by atoms with E-state index in [4.69, 9.17) is 9.47 Å². The Morgan fingerprint density at radius 3 is 2.47 bits per heavy atom. The van der Waals surface area contributed by atoms with Crippen LogP contribution in [0.15, 0.2) is 36.4 Å². The molecule has 6 nitrogen and oxygen atoms in total. The number of benzene rings is 2. The van der Waals surface area contributed by atoms with Gasteiger partial charge < -0.3 is 19.7 Å². The lowest BCUT2D eigenvalue weighted by Gasteiger charge is -2.17. The van der Waals surface area contributed by atoms with Crippen LogP contribution in [-0.4, -0.2) is 44.0 Å². The Morgan fingerprint density at radius 2 is 1.77 bits per heavy atom. The molecule has 2 aromatic rings. The van der Waals surface area contributed by atoms with Crippen LogP contribution in [-0.2, 0) is 22.6 Å². The lowest BCUT2D eigenvalue weighted by Crippen LogP contribution is -2.33. The second-order valence-electron chi connectivity index (χ2n) is 7.82. The molecule has 1 saturated heterocycles. The zero-order valence-electron chi connectivity index (χ0n) is 18.2. The largest absolute Gasteiger partial charge is 0.493 e. The first-order valence-electron chi connectivity index (χ1n) is 10.2. The maximum Gasteiger partial charge on any atom is 0.225 e. The van der Waals surface area contributed by atoms with Crippen molar-refractivity contribution in [3.8, 4) is 11.5 Å². The summed E-state index contributed by atoms with van der Waals surface area (Å²) >= 11 is 0. The van der Waals surface area contributed by atoms with Crippen LogP contribution in [0.5, 0.6) is 11.5 Å². The number of carbonyl (C=O) groups excluding carboxylic acids is 2. The highest BCUT2D eigenvalue weighted by molar-refractivity contribution is 5.89. The van der Waals surface area contributed by atoms with E-state index in [0.29, 0.717) is 37.6 Å². The Hall–Kier alpha value is -3.02. The SMILES string of the molecule is COc1ccc(CCN2CC(C(=O)NCc3ccc(C)c(C)c3)CC2=O)cc1OC. The highest BCUT2D eigenvalue weighted by Gasteiger charge is 2.33. The van der Waals surface area contributed by atoms with Crippen molar-refractivity contribution in [3.05, 3.63) is 58.7 Å². The van der Waals surface area contributed by atoms with Crippen molar-refractivity contribution in [2.75, 3.05) is 27.3 Å². The quantitative estimate of drug-likeness (QED) is 0.726. The Labute approximate surface area is 178 Å². The summed E-state index contributed by atoms with van der Waals surface area (Å²) in [4.78, 5) is 26.7. The fraction of sp³-hybridized carbons (Fsp3) is 0.417. The smallest absolute Gasteiger partial charge is 0.225 e. The number of nitrogens with zero attached hydrogens (tertiary/aromatic N) is 1. The van der Waals surface area contributed by atoms with Gasteiger partial charge in [0, 0.05) is 26.1 Å². The molecular formula is C24H30N2O4. The molecule has 1 fully saturated rings. The molecule has 0 aromatic heterocycles. The summed E-state index contributed by atoms with van der Waals surface area (Å²) in [6.45, 7) is 5.65. The molecule has 1 atom stereocenters. The van der Waals surface area contributed by atoms with Gasteiger partial charge in [-0.25, -0.2) is 0 Å². The molecule has 2 aromatic carbocycles. The fourth-order valence-electron chi connectivity index (χ4n) is 3.71. The van der Waals surface area contributed by atoms with Gasteiger partial charge in [0.25, 0.3) is 0 Å². The second-order valence-corrected chi connectivity index (χ2v) is 7.82. The van der Waals surface area contributed by atoms with Gasteiger partial charge in [0.1, 0.15) is 0 Å². The van der Waals surface area contributed by atoms with E-state index in [0.717, 1.165) is 11.1 Å². The van der Waals surface area contributed by atoms with Gasteiger partial charge >= 0.3 is 0 Å². The number of likely N-dealkylation sites (tertiary alicyclic amines) is 1. The summed E-state index contributed by atoms with van der Waals surface area (Å²) in [5, 5.41) is 2.98. The highest BCUT2D eigenvalue weighted by atomic mass is 16.5. The molecule has 2 amide bonds. The van der Waals surface area contributed by atoms with E-state index in [2.05, 4.69) is 31.3 Å². The van der Waals surface area contributed by atoms with E-state index in [1.54, 1.807) is 19.1 Å². The van der Waals surface area contributed by atoms with Gasteiger partial charge in [0.2, 0.25) is 11.8 Å². The first-order chi connectivity index (χ1) is 14.4. The van der Waals surface area contributed by atoms with Crippen LogP contribution in [0.3, 0.4) is 0 Å². The van der Waals surface area contributed by atoms with Crippen LogP contribution in [0.4, 0.5) is 0 Å². The molecule has 1 unspecified atom stereocenters. The van der Waals surface area contributed by atoms with Gasteiger partial charge in [-0.1, -0.05) is 24.3 Å². The van der Waals surface area contributed by atoms with Crippen molar-refractivity contribution in [1.82, 2.24) is 10.2 Å². The third-order valence-electron chi connectivity index (χ3n) is 5.74. The number of amides is 2. The Bertz CT molecular complexity index is 925. The van der Waals surface area contributed by atoms with Crippen LogP contribution in [0.2, 0.25) is 0 Å². The molecular weight excluding hydrogens is 380 g/mol. The molecule has 0 radical (unpaired) electrons. The fourth-order valence-corrected chi connectivity index (χ4v) is 3.71. The third kappa shape index (κ3) is 5.12. The maximum absolute atomic E-state index is 12.6. The molecule has 1 heterocycles. The molecule has 0 spiro atoms. The zero-order chi connectivity index (χ0) is 21.7. The van der Waals surface area contributed by atoms with Gasteiger partial charge in [-0.2, -0.15) is 0 Å².